The quantitative estimate of drug-likeness (QED) is 0.433. The SMILES string of the molecule is Cc1ccc(CNC(=O)COc2cccc3ccc(N4CCN(c5ccccc5)CC4)nc23)cc1. The third-order valence-corrected chi connectivity index (χ3v) is 6.36. The molecule has 0 saturated carbocycles. The van der Waals surface area contributed by atoms with E-state index >= 15 is 0 Å². The summed E-state index contributed by atoms with van der Waals surface area (Å²) >= 11 is 0. The van der Waals surface area contributed by atoms with Gasteiger partial charge in [-0.1, -0.05) is 60.2 Å². The molecule has 1 amide bonds. The van der Waals surface area contributed by atoms with Gasteiger partial charge in [0.2, 0.25) is 0 Å². The minimum Gasteiger partial charge on any atom is -0.481 e. The fourth-order valence-corrected chi connectivity index (χ4v) is 4.34. The topological polar surface area (TPSA) is 57.7 Å². The number of carbonyl (C=O) groups is 1. The molecule has 0 atom stereocenters. The zero-order valence-electron chi connectivity index (χ0n) is 20.0. The molecule has 5 rings (SSSR count). The van der Waals surface area contributed by atoms with Gasteiger partial charge in [-0.15, -0.1) is 0 Å². The smallest absolute Gasteiger partial charge is 0.258 e. The summed E-state index contributed by atoms with van der Waals surface area (Å²) in [6.07, 6.45) is 0. The Hall–Kier alpha value is -4.06. The lowest BCUT2D eigenvalue weighted by Crippen LogP contribution is -2.46. The van der Waals surface area contributed by atoms with Gasteiger partial charge in [-0.2, -0.15) is 0 Å². The van der Waals surface area contributed by atoms with Gasteiger partial charge in [0.1, 0.15) is 17.1 Å². The number of benzene rings is 3. The van der Waals surface area contributed by atoms with Crippen LogP contribution in [0.2, 0.25) is 0 Å². The van der Waals surface area contributed by atoms with Crippen molar-refractivity contribution in [3.05, 3.63) is 96.1 Å². The highest BCUT2D eigenvalue weighted by molar-refractivity contribution is 5.86. The summed E-state index contributed by atoms with van der Waals surface area (Å²) in [5, 5.41) is 3.91. The molecule has 2 heterocycles. The third kappa shape index (κ3) is 5.54. The molecule has 6 nitrogen and oxygen atoms in total. The first-order valence-corrected chi connectivity index (χ1v) is 12.1. The number of aromatic nitrogens is 1. The van der Waals surface area contributed by atoms with E-state index in [2.05, 4.69) is 51.5 Å². The van der Waals surface area contributed by atoms with Crippen molar-refractivity contribution in [1.82, 2.24) is 10.3 Å². The number of nitrogens with zero attached hydrogens (tertiary/aromatic N) is 3. The van der Waals surface area contributed by atoms with Gasteiger partial charge in [-0.3, -0.25) is 4.79 Å². The highest BCUT2D eigenvalue weighted by Crippen LogP contribution is 2.27. The molecule has 0 spiro atoms. The first-order valence-electron chi connectivity index (χ1n) is 12.1. The van der Waals surface area contributed by atoms with Crippen LogP contribution in [0.5, 0.6) is 5.75 Å². The number of anilines is 2. The predicted octanol–water partition coefficient (Wildman–Crippen LogP) is 4.57. The molecular formula is C29H30N4O2. The van der Waals surface area contributed by atoms with Crippen LogP contribution < -0.4 is 19.9 Å². The number of pyridine rings is 1. The van der Waals surface area contributed by atoms with Crippen LogP contribution >= 0.6 is 0 Å². The molecule has 0 unspecified atom stereocenters. The van der Waals surface area contributed by atoms with Crippen molar-refractivity contribution in [2.24, 2.45) is 0 Å². The number of carbonyl (C=O) groups excluding carboxylic acids is 1. The number of aryl methyl sites for hydroxylation is 1. The summed E-state index contributed by atoms with van der Waals surface area (Å²) in [5.41, 5.74) is 4.30. The number of hydrogen-bond donors (Lipinski definition) is 1. The molecule has 1 N–H and O–H groups in total. The van der Waals surface area contributed by atoms with Crippen LogP contribution in [0.25, 0.3) is 10.9 Å². The van der Waals surface area contributed by atoms with E-state index < -0.39 is 0 Å². The number of ether oxygens (including phenoxy) is 1. The van der Waals surface area contributed by atoms with E-state index in [1.807, 2.05) is 55.5 Å². The van der Waals surface area contributed by atoms with E-state index in [0.29, 0.717) is 12.3 Å². The van der Waals surface area contributed by atoms with E-state index in [4.69, 9.17) is 9.72 Å². The molecule has 178 valence electrons. The second-order valence-electron chi connectivity index (χ2n) is 8.86. The van der Waals surface area contributed by atoms with Gasteiger partial charge in [0.25, 0.3) is 5.91 Å². The third-order valence-electron chi connectivity index (χ3n) is 6.36. The van der Waals surface area contributed by atoms with Gasteiger partial charge in [0.15, 0.2) is 6.61 Å². The Kier molecular flexibility index (Phi) is 6.80. The van der Waals surface area contributed by atoms with Crippen molar-refractivity contribution >= 4 is 28.3 Å². The lowest BCUT2D eigenvalue weighted by Gasteiger charge is -2.36. The number of hydrogen-bond acceptors (Lipinski definition) is 5. The van der Waals surface area contributed by atoms with Gasteiger partial charge in [-0.25, -0.2) is 4.98 Å². The van der Waals surface area contributed by atoms with E-state index in [-0.39, 0.29) is 12.5 Å². The Labute approximate surface area is 206 Å². The molecule has 3 aromatic carbocycles. The second kappa shape index (κ2) is 10.5. The highest BCUT2D eigenvalue weighted by atomic mass is 16.5. The molecule has 0 aliphatic carbocycles. The average Bonchev–Trinajstić information content (AvgIpc) is 2.92. The number of nitrogens with one attached hydrogen (secondary N) is 1. The minimum atomic E-state index is -0.157. The van der Waals surface area contributed by atoms with Crippen LogP contribution in [0.1, 0.15) is 11.1 Å². The zero-order valence-corrected chi connectivity index (χ0v) is 20.0. The fourth-order valence-electron chi connectivity index (χ4n) is 4.34. The molecule has 1 saturated heterocycles. The zero-order chi connectivity index (χ0) is 24.0. The molecule has 0 bridgehead atoms. The molecule has 0 radical (unpaired) electrons. The second-order valence-corrected chi connectivity index (χ2v) is 8.86. The Morgan fingerprint density at radius 3 is 2.37 bits per heavy atom. The lowest BCUT2D eigenvalue weighted by atomic mass is 10.1. The maximum atomic E-state index is 12.4. The Morgan fingerprint density at radius 1 is 0.857 bits per heavy atom. The fraction of sp³-hybridized carbons (Fsp3) is 0.241. The first-order chi connectivity index (χ1) is 17.2. The minimum absolute atomic E-state index is 0.0490. The van der Waals surface area contributed by atoms with Crippen LogP contribution in [-0.2, 0) is 11.3 Å². The van der Waals surface area contributed by atoms with Gasteiger partial charge >= 0.3 is 0 Å². The summed E-state index contributed by atoms with van der Waals surface area (Å²) in [4.78, 5) is 22.0. The summed E-state index contributed by atoms with van der Waals surface area (Å²) in [7, 11) is 0. The van der Waals surface area contributed by atoms with Crippen molar-refractivity contribution in [3.8, 4) is 5.75 Å². The van der Waals surface area contributed by atoms with E-state index in [0.717, 1.165) is 48.5 Å². The lowest BCUT2D eigenvalue weighted by molar-refractivity contribution is -0.123. The predicted molar refractivity (Wildman–Crippen MR) is 141 cm³/mol. The first kappa shape index (κ1) is 22.7. The summed E-state index contributed by atoms with van der Waals surface area (Å²) in [6, 6.07) is 28.6. The summed E-state index contributed by atoms with van der Waals surface area (Å²) in [6.45, 7) is 6.17. The van der Waals surface area contributed by atoms with Crippen molar-refractivity contribution in [2.75, 3.05) is 42.6 Å². The van der Waals surface area contributed by atoms with Crippen molar-refractivity contribution in [2.45, 2.75) is 13.5 Å². The van der Waals surface area contributed by atoms with Crippen LogP contribution in [0, 0.1) is 6.92 Å². The molecule has 35 heavy (non-hydrogen) atoms. The standard InChI is InChI=1S/C29H30N4O2/c1-22-10-12-23(13-11-22)20-30-28(34)21-35-26-9-5-6-24-14-15-27(31-29(24)26)33-18-16-32(17-19-33)25-7-3-2-4-8-25/h2-15H,16-21H2,1H3,(H,30,34). The maximum absolute atomic E-state index is 12.4. The number of rotatable bonds is 7. The molecule has 1 aliphatic rings. The van der Waals surface area contributed by atoms with E-state index in [9.17, 15) is 4.79 Å². The van der Waals surface area contributed by atoms with Crippen LogP contribution in [0.15, 0.2) is 84.9 Å². The Morgan fingerprint density at radius 2 is 1.60 bits per heavy atom. The molecule has 4 aromatic rings. The Balaban J connectivity index is 1.22. The maximum Gasteiger partial charge on any atom is 0.258 e. The van der Waals surface area contributed by atoms with Crippen LogP contribution in [-0.4, -0.2) is 43.7 Å². The number of para-hydroxylation sites is 2. The largest absolute Gasteiger partial charge is 0.481 e. The number of piperazine rings is 1. The van der Waals surface area contributed by atoms with Gasteiger partial charge < -0.3 is 19.9 Å². The normalized spacial score (nSPS) is 13.6. The van der Waals surface area contributed by atoms with Gasteiger partial charge in [-0.05, 0) is 42.8 Å². The summed E-state index contributed by atoms with van der Waals surface area (Å²) in [5.74, 6) is 1.40. The Bertz CT molecular complexity index is 1280. The van der Waals surface area contributed by atoms with Crippen molar-refractivity contribution < 1.29 is 9.53 Å². The molecular weight excluding hydrogens is 436 g/mol. The average molecular weight is 467 g/mol. The molecule has 6 heteroatoms. The molecule has 1 aromatic heterocycles. The summed E-state index contributed by atoms with van der Waals surface area (Å²) < 4.78 is 5.90. The van der Waals surface area contributed by atoms with Crippen molar-refractivity contribution in [3.63, 3.8) is 0 Å². The van der Waals surface area contributed by atoms with Crippen LogP contribution in [0.3, 0.4) is 0 Å². The molecule has 1 fully saturated rings. The monoisotopic (exact) mass is 466 g/mol. The molecule has 1 aliphatic heterocycles. The van der Waals surface area contributed by atoms with Gasteiger partial charge in [0.05, 0.1) is 0 Å². The van der Waals surface area contributed by atoms with Gasteiger partial charge in [0, 0.05) is 43.8 Å². The highest BCUT2D eigenvalue weighted by Gasteiger charge is 2.19. The van der Waals surface area contributed by atoms with Crippen LogP contribution in [0.4, 0.5) is 11.5 Å². The number of fused-ring (bicyclic) bond motifs is 1. The number of amides is 1. The van der Waals surface area contributed by atoms with E-state index in [1.54, 1.807) is 0 Å². The van der Waals surface area contributed by atoms with E-state index in [1.165, 1.54) is 11.3 Å². The van der Waals surface area contributed by atoms with Crippen molar-refractivity contribution in [1.29, 1.82) is 0 Å².